The van der Waals surface area contributed by atoms with Crippen molar-refractivity contribution in [1.82, 2.24) is 4.90 Å². The maximum Gasteiger partial charge on any atom is 0.123 e. The average Bonchev–Trinajstić information content (AvgIpc) is 2.52. The Balaban J connectivity index is 0.00000192. The van der Waals surface area contributed by atoms with Crippen molar-refractivity contribution in [3.63, 3.8) is 0 Å². The molecule has 124 valence electrons. The van der Waals surface area contributed by atoms with Crippen LogP contribution in [0.4, 0.5) is 4.39 Å². The summed E-state index contributed by atoms with van der Waals surface area (Å²) in [6, 6.07) is 14.0. The summed E-state index contributed by atoms with van der Waals surface area (Å²) >= 11 is 5.90. The van der Waals surface area contributed by atoms with E-state index >= 15 is 0 Å². The number of hydrogen-bond donors (Lipinski definition) is 1. The van der Waals surface area contributed by atoms with E-state index in [1.807, 2.05) is 36.4 Å². The molecule has 0 aliphatic carbocycles. The average molecular weight is 356 g/mol. The Hall–Kier alpha value is -1.13. The minimum Gasteiger partial charge on any atom is -0.385 e. The maximum atomic E-state index is 12.9. The van der Waals surface area contributed by atoms with Gasteiger partial charge >= 0.3 is 0 Å². The van der Waals surface area contributed by atoms with Gasteiger partial charge in [-0.15, -0.1) is 12.4 Å². The van der Waals surface area contributed by atoms with E-state index in [0.29, 0.717) is 17.9 Å². The Kier molecular flexibility index (Phi) is 6.04. The summed E-state index contributed by atoms with van der Waals surface area (Å²) in [7, 11) is 0. The summed E-state index contributed by atoms with van der Waals surface area (Å²) in [6.45, 7) is 2.42. The largest absolute Gasteiger partial charge is 0.385 e. The minimum atomic E-state index is -0.774. The Morgan fingerprint density at radius 1 is 1.00 bits per heavy atom. The summed E-state index contributed by atoms with van der Waals surface area (Å²) in [6.07, 6.45) is 1.38. The summed E-state index contributed by atoms with van der Waals surface area (Å²) < 4.78 is 12.9. The van der Waals surface area contributed by atoms with E-state index in [9.17, 15) is 9.50 Å². The molecule has 23 heavy (non-hydrogen) atoms. The molecule has 0 atom stereocenters. The Morgan fingerprint density at radius 2 is 1.57 bits per heavy atom. The van der Waals surface area contributed by atoms with Crippen LogP contribution in [0.1, 0.15) is 24.0 Å². The summed E-state index contributed by atoms with van der Waals surface area (Å²) in [5.74, 6) is -0.209. The van der Waals surface area contributed by atoms with Crippen LogP contribution in [-0.2, 0) is 12.1 Å². The topological polar surface area (TPSA) is 23.5 Å². The Morgan fingerprint density at radius 3 is 2.13 bits per heavy atom. The van der Waals surface area contributed by atoms with Gasteiger partial charge in [0, 0.05) is 24.7 Å². The molecular weight excluding hydrogens is 336 g/mol. The second kappa shape index (κ2) is 7.63. The predicted octanol–water partition coefficient (Wildman–Crippen LogP) is 4.38. The molecule has 1 fully saturated rings. The molecule has 0 unspecified atom stereocenters. The maximum absolute atomic E-state index is 12.9. The lowest BCUT2D eigenvalue weighted by atomic mass is 9.84. The van der Waals surface area contributed by atoms with Gasteiger partial charge in [0.05, 0.1) is 5.60 Å². The smallest absolute Gasteiger partial charge is 0.123 e. The molecule has 1 N–H and O–H groups in total. The van der Waals surface area contributed by atoms with E-state index in [1.54, 1.807) is 0 Å². The van der Waals surface area contributed by atoms with Crippen molar-refractivity contribution >= 4 is 24.0 Å². The summed E-state index contributed by atoms with van der Waals surface area (Å²) in [5.41, 5.74) is 1.25. The van der Waals surface area contributed by atoms with Crippen LogP contribution in [0.3, 0.4) is 0 Å². The van der Waals surface area contributed by atoms with Gasteiger partial charge in [0.2, 0.25) is 0 Å². The van der Waals surface area contributed by atoms with Crippen LogP contribution < -0.4 is 0 Å². The first kappa shape index (κ1) is 18.2. The van der Waals surface area contributed by atoms with Crippen LogP contribution >= 0.6 is 24.0 Å². The zero-order chi connectivity index (χ0) is 15.6. The van der Waals surface area contributed by atoms with Gasteiger partial charge in [0.1, 0.15) is 5.82 Å². The fourth-order valence-electron chi connectivity index (χ4n) is 2.98. The van der Waals surface area contributed by atoms with E-state index in [0.717, 1.165) is 30.8 Å². The summed E-state index contributed by atoms with van der Waals surface area (Å²) in [4.78, 5) is 2.29. The lowest BCUT2D eigenvalue weighted by Gasteiger charge is -2.38. The van der Waals surface area contributed by atoms with E-state index in [2.05, 4.69) is 4.90 Å². The van der Waals surface area contributed by atoms with E-state index in [1.165, 1.54) is 12.1 Å². The highest BCUT2D eigenvalue weighted by Gasteiger charge is 2.33. The molecular formula is C18H20Cl2FNO. The number of benzene rings is 2. The normalized spacial score (nSPS) is 17.5. The van der Waals surface area contributed by atoms with Crippen LogP contribution in [0.2, 0.25) is 5.02 Å². The second-order valence-electron chi connectivity index (χ2n) is 5.94. The number of piperidine rings is 1. The highest BCUT2D eigenvalue weighted by atomic mass is 35.5. The molecule has 0 saturated carbocycles. The first-order chi connectivity index (χ1) is 10.5. The van der Waals surface area contributed by atoms with Crippen LogP contribution in [-0.4, -0.2) is 23.1 Å². The second-order valence-corrected chi connectivity index (χ2v) is 6.38. The minimum absolute atomic E-state index is 0. The van der Waals surface area contributed by atoms with E-state index in [-0.39, 0.29) is 18.2 Å². The van der Waals surface area contributed by atoms with Crippen LogP contribution in [0.5, 0.6) is 0 Å². The van der Waals surface area contributed by atoms with Crippen molar-refractivity contribution in [3.05, 3.63) is 70.5 Å². The molecule has 0 aromatic heterocycles. The third-order valence-corrected chi connectivity index (χ3v) is 4.64. The molecule has 1 saturated heterocycles. The monoisotopic (exact) mass is 355 g/mol. The van der Waals surface area contributed by atoms with Crippen LogP contribution in [0.25, 0.3) is 0 Å². The zero-order valence-electron chi connectivity index (χ0n) is 12.7. The molecule has 1 aliphatic rings. The Bertz CT molecular complexity index is 622. The molecule has 0 amide bonds. The van der Waals surface area contributed by atoms with Crippen molar-refractivity contribution in [2.75, 3.05) is 13.1 Å². The first-order valence-electron chi connectivity index (χ1n) is 7.50. The lowest BCUT2D eigenvalue weighted by molar-refractivity contribution is -0.0277. The van der Waals surface area contributed by atoms with Gasteiger partial charge in [-0.1, -0.05) is 35.9 Å². The quantitative estimate of drug-likeness (QED) is 0.882. The van der Waals surface area contributed by atoms with Crippen molar-refractivity contribution in [2.45, 2.75) is 25.0 Å². The molecule has 0 spiro atoms. The third-order valence-electron chi connectivity index (χ3n) is 4.38. The van der Waals surface area contributed by atoms with Gasteiger partial charge in [0.25, 0.3) is 0 Å². The van der Waals surface area contributed by atoms with Crippen molar-refractivity contribution in [3.8, 4) is 0 Å². The van der Waals surface area contributed by atoms with Crippen LogP contribution in [0, 0.1) is 5.82 Å². The number of likely N-dealkylation sites (tertiary alicyclic amines) is 1. The van der Waals surface area contributed by atoms with Crippen LogP contribution in [0.15, 0.2) is 48.5 Å². The number of aliphatic hydroxyl groups is 1. The van der Waals surface area contributed by atoms with Gasteiger partial charge in [-0.05, 0) is 48.2 Å². The van der Waals surface area contributed by atoms with Crippen molar-refractivity contribution < 1.29 is 9.50 Å². The van der Waals surface area contributed by atoms with Gasteiger partial charge in [-0.2, -0.15) is 0 Å². The molecule has 0 radical (unpaired) electrons. The zero-order valence-corrected chi connectivity index (χ0v) is 14.3. The van der Waals surface area contributed by atoms with E-state index < -0.39 is 5.60 Å². The van der Waals surface area contributed by atoms with Gasteiger partial charge in [-0.3, -0.25) is 4.90 Å². The van der Waals surface area contributed by atoms with Crippen molar-refractivity contribution in [2.24, 2.45) is 0 Å². The Labute approximate surface area is 147 Å². The standard InChI is InChI=1S/C18H19ClFNO.ClH/c19-16-5-3-15(4-6-16)18(22)9-11-21(12-10-18)13-14-1-7-17(20)8-2-14;/h1-8,22H,9-13H2;1H. The molecule has 0 bridgehead atoms. The molecule has 3 rings (SSSR count). The number of rotatable bonds is 3. The highest BCUT2D eigenvalue weighted by molar-refractivity contribution is 6.30. The fraction of sp³-hybridized carbons (Fsp3) is 0.333. The lowest BCUT2D eigenvalue weighted by Crippen LogP contribution is -2.42. The third kappa shape index (κ3) is 4.45. The van der Waals surface area contributed by atoms with E-state index in [4.69, 9.17) is 11.6 Å². The van der Waals surface area contributed by atoms with Gasteiger partial charge in [-0.25, -0.2) is 4.39 Å². The summed E-state index contributed by atoms with van der Waals surface area (Å²) in [5, 5.41) is 11.5. The molecule has 2 aromatic carbocycles. The number of nitrogens with zero attached hydrogens (tertiary/aromatic N) is 1. The molecule has 1 heterocycles. The first-order valence-corrected chi connectivity index (χ1v) is 7.88. The molecule has 2 aromatic rings. The number of hydrogen-bond acceptors (Lipinski definition) is 2. The van der Waals surface area contributed by atoms with Crippen molar-refractivity contribution in [1.29, 1.82) is 0 Å². The highest BCUT2D eigenvalue weighted by Crippen LogP contribution is 2.33. The number of halogens is 3. The van der Waals surface area contributed by atoms with Gasteiger partial charge in [0.15, 0.2) is 0 Å². The molecule has 1 aliphatic heterocycles. The fourth-order valence-corrected chi connectivity index (χ4v) is 3.10. The SMILES string of the molecule is Cl.OC1(c2ccc(Cl)cc2)CCN(Cc2ccc(F)cc2)CC1. The molecule has 2 nitrogen and oxygen atoms in total. The molecule has 5 heteroatoms. The van der Waals surface area contributed by atoms with Gasteiger partial charge < -0.3 is 5.11 Å². The predicted molar refractivity (Wildman–Crippen MR) is 93.5 cm³/mol.